The SMILES string of the molecule is Cc1ccc(NC(=O)c2ccccc2-c2[nH]c3ccccc3[nH+]2)cc1C. The Morgan fingerprint density at radius 1 is 0.923 bits per heavy atom. The topological polar surface area (TPSA) is 59.0 Å². The Balaban J connectivity index is 1.70. The van der Waals surface area contributed by atoms with Gasteiger partial charge in [0.05, 0.1) is 11.1 Å². The maximum atomic E-state index is 12.9. The van der Waals surface area contributed by atoms with E-state index in [2.05, 4.69) is 22.2 Å². The number of carbonyl (C=O) groups is 1. The van der Waals surface area contributed by atoms with E-state index < -0.39 is 0 Å². The highest BCUT2D eigenvalue weighted by Gasteiger charge is 2.19. The van der Waals surface area contributed by atoms with Gasteiger partial charge in [-0.2, -0.15) is 0 Å². The average molecular weight is 342 g/mol. The van der Waals surface area contributed by atoms with Crippen molar-refractivity contribution in [3.8, 4) is 11.4 Å². The molecular formula is C22H20N3O+. The van der Waals surface area contributed by atoms with E-state index in [4.69, 9.17) is 0 Å². The van der Waals surface area contributed by atoms with Crippen LogP contribution in [0.4, 0.5) is 5.69 Å². The smallest absolute Gasteiger partial charge is 0.286 e. The van der Waals surface area contributed by atoms with Gasteiger partial charge < -0.3 is 5.32 Å². The summed E-state index contributed by atoms with van der Waals surface area (Å²) in [6.45, 7) is 4.10. The first kappa shape index (κ1) is 16.1. The minimum absolute atomic E-state index is 0.129. The maximum absolute atomic E-state index is 12.9. The van der Waals surface area contributed by atoms with Gasteiger partial charge in [-0.1, -0.05) is 30.3 Å². The van der Waals surface area contributed by atoms with Crippen LogP contribution in [0, 0.1) is 13.8 Å². The molecular weight excluding hydrogens is 322 g/mol. The molecule has 1 aromatic heterocycles. The Morgan fingerprint density at radius 3 is 2.50 bits per heavy atom. The van der Waals surface area contributed by atoms with Gasteiger partial charge in [0.15, 0.2) is 11.0 Å². The van der Waals surface area contributed by atoms with Crippen LogP contribution in [0.2, 0.25) is 0 Å². The largest absolute Gasteiger partial charge is 0.322 e. The van der Waals surface area contributed by atoms with Crippen LogP contribution < -0.4 is 10.3 Å². The van der Waals surface area contributed by atoms with Crippen molar-refractivity contribution in [1.29, 1.82) is 0 Å². The molecule has 0 radical (unpaired) electrons. The molecule has 4 aromatic rings. The van der Waals surface area contributed by atoms with Gasteiger partial charge in [-0.05, 0) is 61.4 Å². The zero-order valence-corrected chi connectivity index (χ0v) is 14.8. The van der Waals surface area contributed by atoms with Crippen LogP contribution in [0.1, 0.15) is 21.5 Å². The van der Waals surface area contributed by atoms with Gasteiger partial charge in [0, 0.05) is 5.69 Å². The van der Waals surface area contributed by atoms with Crippen molar-refractivity contribution in [3.05, 3.63) is 83.4 Å². The zero-order valence-electron chi connectivity index (χ0n) is 14.8. The van der Waals surface area contributed by atoms with Crippen molar-refractivity contribution in [2.24, 2.45) is 0 Å². The van der Waals surface area contributed by atoms with E-state index in [-0.39, 0.29) is 5.91 Å². The van der Waals surface area contributed by atoms with E-state index in [9.17, 15) is 4.79 Å². The number of aryl methyl sites for hydroxylation is 2. The Bertz CT molecular complexity index is 1080. The number of para-hydroxylation sites is 2. The number of hydrogen-bond acceptors (Lipinski definition) is 1. The molecule has 4 heteroatoms. The third-order valence-corrected chi connectivity index (χ3v) is 4.65. The lowest BCUT2D eigenvalue weighted by Crippen LogP contribution is -2.15. The second kappa shape index (κ2) is 6.48. The standard InChI is InChI=1S/C22H19N3O/c1-14-11-12-16(13-15(14)2)23-22(26)18-8-4-3-7-17(18)21-24-19-9-5-6-10-20(19)25-21/h3-13H,1-2H3,(H,23,26)(H,24,25)/p+1. The first-order valence-electron chi connectivity index (χ1n) is 8.60. The van der Waals surface area contributed by atoms with Crippen LogP contribution in [-0.2, 0) is 0 Å². The lowest BCUT2D eigenvalue weighted by atomic mass is 10.1. The van der Waals surface area contributed by atoms with E-state index in [0.29, 0.717) is 5.56 Å². The fraction of sp³-hybridized carbons (Fsp3) is 0.0909. The molecule has 4 rings (SSSR count). The quantitative estimate of drug-likeness (QED) is 0.565. The summed E-state index contributed by atoms with van der Waals surface area (Å²) in [5.41, 5.74) is 6.63. The van der Waals surface area contributed by atoms with Crippen LogP contribution in [-0.4, -0.2) is 10.9 Å². The van der Waals surface area contributed by atoms with Gasteiger partial charge in [0.2, 0.25) is 0 Å². The molecule has 0 spiro atoms. The molecule has 0 bridgehead atoms. The molecule has 0 saturated heterocycles. The van der Waals surface area contributed by atoms with E-state index in [1.807, 2.05) is 73.7 Å². The fourth-order valence-electron chi connectivity index (χ4n) is 3.05. The van der Waals surface area contributed by atoms with Crippen LogP contribution in [0.15, 0.2) is 66.7 Å². The number of anilines is 1. The number of fused-ring (bicyclic) bond motifs is 1. The predicted octanol–water partition coefficient (Wildman–Crippen LogP) is 4.52. The minimum atomic E-state index is -0.129. The molecule has 0 fully saturated rings. The predicted molar refractivity (Wildman–Crippen MR) is 104 cm³/mol. The second-order valence-corrected chi connectivity index (χ2v) is 6.47. The molecule has 0 aliphatic carbocycles. The van der Waals surface area contributed by atoms with Gasteiger partial charge in [-0.25, -0.2) is 9.97 Å². The average Bonchev–Trinajstić information content (AvgIpc) is 3.09. The number of nitrogens with one attached hydrogen (secondary N) is 3. The van der Waals surface area contributed by atoms with Crippen molar-refractivity contribution in [3.63, 3.8) is 0 Å². The maximum Gasteiger partial charge on any atom is 0.286 e. The first-order chi connectivity index (χ1) is 12.6. The molecule has 128 valence electrons. The van der Waals surface area contributed by atoms with Crippen LogP contribution in [0.5, 0.6) is 0 Å². The Kier molecular flexibility index (Phi) is 4.01. The molecule has 0 aliphatic rings. The van der Waals surface area contributed by atoms with Crippen LogP contribution >= 0.6 is 0 Å². The summed E-state index contributed by atoms with van der Waals surface area (Å²) in [7, 11) is 0. The molecule has 1 heterocycles. The molecule has 26 heavy (non-hydrogen) atoms. The highest BCUT2D eigenvalue weighted by Crippen LogP contribution is 2.23. The van der Waals surface area contributed by atoms with Crippen molar-refractivity contribution >= 4 is 22.6 Å². The normalized spacial score (nSPS) is 10.8. The monoisotopic (exact) mass is 342 g/mol. The molecule has 1 amide bonds. The number of hydrogen-bond donors (Lipinski definition) is 2. The molecule has 4 nitrogen and oxygen atoms in total. The number of H-pyrrole nitrogens is 2. The van der Waals surface area contributed by atoms with Gasteiger partial charge >= 0.3 is 0 Å². The van der Waals surface area contributed by atoms with Crippen molar-refractivity contribution in [2.75, 3.05) is 5.32 Å². The molecule has 0 aliphatic heterocycles. The third-order valence-electron chi connectivity index (χ3n) is 4.65. The summed E-state index contributed by atoms with van der Waals surface area (Å²) in [6, 6.07) is 21.5. The van der Waals surface area contributed by atoms with E-state index in [1.165, 1.54) is 5.56 Å². The number of amides is 1. The lowest BCUT2D eigenvalue weighted by Gasteiger charge is -2.09. The van der Waals surface area contributed by atoms with E-state index in [1.54, 1.807) is 0 Å². The second-order valence-electron chi connectivity index (χ2n) is 6.47. The summed E-state index contributed by atoms with van der Waals surface area (Å²) in [5.74, 6) is 0.688. The Morgan fingerprint density at radius 2 is 1.69 bits per heavy atom. The summed E-state index contributed by atoms with van der Waals surface area (Å²) in [6.07, 6.45) is 0. The molecule has 3 aromatic carbocycles. The highest BCUT2D eigenvalue weighted by atomic mass is 16.1. The number of imidazole rings is 1. The molecule has 0 saturated carbocycles. The molecule has 3 N–H and O–H groups in total. The number of aromatic amines is 2. The highest BCUT2D eigenvalue weighted by molar-refractivity contribution is 6.08. The third kappa shape index (κ3) is 2.97. The van der Waals surface area contributed by atoms with Gasteiger partial charge in [-0.15, -0.1) is 0 Å². The number of carbonyl (C=O) groups excluding carboxylic acids is 1. The Hall–Kier alpha value is -3.40. The Labute approximate surface area is 151 Å². The summed E-state index contributed by atoms with van der Waals surface area (Å²) in [5, 5.41) is 3.00. The van der Waals surface area contributed by atoms with Gasteiger partial charge in [-0.3, -0.25) is 4.79 Å². The number of benzene rings is 3. The summed E-state index contributed by atoms with van der Waals surface area (Å²) in [4.78, 5) is 19.6. The fourth-order valence-corrected chi connectivity index (χ4v) is 3.05. The van der Waals surface area contributed by atoms with Crippen molar-refractivity contribution < 1.29 is 9.78 Å². The number of rotatable bonds is 3. The number of aromatic nitrogens is 2. The minimum Gasteiger partial charge on any atom is -0.322 e. The van der Waals surface area contributed by atoms with Gasteiger partial charge in [0.25, 0.3) is 11.7 Å². The zero-order chi connectivity index (χ0) is 18.1. The van der Waals surface area contributed by atoms with Crippen LogP contribution in [0.25, 0.3) is 22.4 Å². The molecule has 0 atom stereocenters. The van der Waals surface area contributed by atoms with E-state index in [0.717, 1.165) is 33.7 Å². The molecule has 0 unspecified atom stereocenters. The van der Waals surface area contributed by atoms with E-state index >= 15 is 0 Å². The summed E-state index contributed by atoms with van der Waals surface area (Å²) >= 11 is 0. The van der Waals surface area contributed by atoms with Crippen molar-refractivity contribution in [1.82, 2.24) is 4.98 Å². The van der Waals surface area contributed by atoms with Crippen LogP contribution in [0.3, 0.4) is 0 Å². The van der Waals surface area contributed by atoms with Crippen molar-refractivity contribution in [2.45, 2.75) is 13.8 Å². The summed E-state index contributed by atoms with van der Waals surface area (Å²) < 4.78 is 0. The first-order valence-corrected chi connectivity index (χ1v) is 8.60. The lowest BCUT2D eigenvalue weighted by molar-refractivity contribution is -0.330. The van der Waals surface area contributed by atoms with Gasteiger partial charge in [0.1, 0.15) is 0 Å².